The number of carbonyl (C=O) groups is 2. The Kier molecular flexibility index (Phi) is 8.41. The molecule has 0 aliphatic rings. The summed E-state index contributed by atoms with van der Waals surface area (Å²) in [7, 11) is 1.56. The second-order valence-corrected chi connectivity index (χ2v) is 9.05. The predicted molar refractivity (Wildman–Crippen MR) is 133 cm³/mol. The molecule has 3 atom stereocenters. The van der Waals surface area contributed by atoms with Crippen LogP contribution in [0.4, 0.5) is 0 Å². The quantitative estimate of drug-likeness (QED) is 0.192. The zero-order valence-electron chi connectivity index (χ0n) is 19.3. The van der Waals surface area contributed by atoms with Gasteiger partial charge in [0.15, 0.2) is 0 Å². The zero-order valence-corrected chi connectivity index (χ0v) is 20.2. The van der Waals surface area contributed by atoms with Gasteiger partial charge in [-0.1, -0.05) is 26.0 Å². The van der Waals surface area contributed by atoms with E-state index >= 15 is 0 Å². The molecule has 0 aliphatic heterocycles. The van der Waals surface area contributed by atoms with Crippen LogP contribution in [0.1, 0.15) is 36.3 Å². The molecule has 0 aliphatic carbocycles. The maximum atomic E-state index is 13.1. The van der Waals surface area contributed by atoms with E-state index in [2.05, 4.69) is 33.2 Å². The number of nitrogens with one attached hydrogen (secondary N) is 4. The van der Waals surface area contributed by atoms with Gasteiger partial charge in [0, 0.05) is 29.1 Å². The van der Waals surface area contributed by atoms with Gasteiger partial charge in [0.05, 0.1) is 13.2 Å². The van der Waals surface area contributed by atoms with Crippen LogP contribution in [-0.4, -0.2) is 51.5 Å². The van der Waals surface area contributed by atoms with Crippen LogP contribution in [-0.2, 0) is 11.2 Å². The zero-order chi connectivity index (χ0) is 24.8. The van der Waals surface area contributed by atoms with Crippen molar-refractivity contribution in [2.24, 2.45) is 5.92 Å². The van der Waals surface area contributed by atoms with Gasteiger partial charge in [-0.2, -0.15) is 0 Å². The van der Waals surface area contributed by atoms with Gasteiger partial charge in [0.2, 0.25) is 5.91 Å². The molecule has 2 amide bonds. The number of H-pyrrole nitrogens is 2. The maximum absolute atomic E-state index is 13.1. The molecule has 9 nitrogen and oxygen atoms in total. The summed E-state index contributed by atoms with van der Waals surface area (Å²) in [6, 6.07) is 8.71. The average Bonchev–Trinajstić information content (AvgIpc) is 3.23. The number of aromatic amines is 2. The lowest BCUT2D eigenvalue weighted by Crippen LogP contribution is -2.53. The first-order chi connectivity index (χ1) is 16.2. The van der Waals surface area contributed by atoms with Crippen LogP contribution in [0.2, 0.25) is 0 Å². The molecule has 0 saturated heterocycles. The number of ether oxygens (including phenoxy) is 1. The summed E-state index contributed by atoms with van der Waals surface area (Å²) in [5.74, 6) is -0.177. The molecule has 34 heavy (non-hydrogen) atoms. The number of aromatic nitrogens is 2. The number of aliphatic hydroxyl groups is 1. The third kappa shape index (κ3) is 6.21. The van der Waals surface area contributed by atoms with Crippen molar-refractivity contribution >= 4 is 35.3 Å². The Labute approximate surface area is 202 Å². The largest absolute Gasteiger partial charge is 0.496 e. The summed E-state index contributed by atoms with van der Waals surface area (Å²) in [5.41, 5.74) is -0.0853. The van der Waals surface area contributed by atoms with Gasteiger partial charge in [-0.3, -0.25) is 14.4 Å². The number of aliphatic hydroxyl groups excluding tert-OH is 1. The Hall–Kier alpha value is -3.24. The SMILES string of the molecule is COc1cccc2[nH]c(C(=O)N[C@@H](CC(C)C)C(=O)N[C@@H](Cc3ccc[nH]c3=O)[C@@H](O)S)cc12. The number of pyridine rings is 1. The van der Waals surface area contributed by atoms with E-state index < -0.39 is 29.3 Å². The average molecular weight is 487 g/mol. The number of benzene rings is 1. The molecule has 2 aromatic heterocycles. The Balaban J connectivity index is 1.77. The molecule has 0 fully saturated rings. The first-order valence-electron chi connectivity index (χ1n) is 11.0. The van der Waals surface area contributed by atoms with Crippen molar-refractivity contribution in [3.8, 4) is 5.75 Å². The number of carbonyl (C=O) groups excluding carboxylic acids is 2. The predicted octanol–water partition coefficient (Wildman–Crippen LogP) is 1.98. The summed E-state index contributed by atoms with van der Waals surface area (Å²) < 4.78 is 5.34. The molecule has 5 N–H and O–H groups in total. The minimum atomic E-state index is -1.21. The van der Waals surface area contributed by atoms with Crippen molar-refractivity contribution in [2.45, 2.75) is 44.2 Å². The van der Waals surface area contributed by atoms with Gasteiger partial charge < -0.3 is 30.4 Å². The van der Waals surface area contributed by atoms with E-state index in [9.17, 15) is 19.5 Å². The highest BCUT2D eigenvalue weighted by molar-refractivity contribution is 7.80. The van der Waals surface area contributed by atoms with Crippen molar-refractivity contribution in [1.29, 1.82) is 0 Å². The van der Waals surface area contributed by atoms with Gasteiger partial charge in [-0.25, -0.2) is 0 Å². The lowest BCUT2D eigenvalue weighted by molar-refractivity contribution is -0.124. The minimum absolute atomic E-state index is 0.0801. The molecule has 10 heteroatoms. The van der Waals surface area contributed by atoms with Crippen LogP contribution in [0.25, 0.3) is 10.9 Å². The van der Waals surface area contributed by atoms with E-state index in [1.54, 1.807) is 31.4 Å². The monoisotopic (exact) mass is 486 g/mol. The van der Waals surface area contributed by atoms with Crippen LogP contribution in [0.15, 0.2) is 47.4 Å². The number of amides is 2. The van der Waals surface area contributed by atoms with Gasteiger partial charge in [-0.15, -0.1) is 12.6 Å². The Morgan fingerprint density at radius 2 is 1.94 bits per heavy atom. The van der Waals surface area contributed by atoms with Crippen molar-refractivity contribution in [3.63, 3.8) is 0 Å². The second-order valence-electron chi connectivity index (χ2n) is 8.52. The third-order valence-corrected chi connectivity index (χ3v) is 5.80. The molecule has 0 spiro atoms. The third-order valence-electron chi connectivity index (χ3n) is 5.44. The molecule has 3 rings (SSSR count). The molecule has 3 aromatic rings. The highest BCUT2D eigenvalue weighted by Crippen LogP contribution is 2.26. The fraction of sp³-hybridized carbons (Fsp3) is 0.375. The van der Waals surface area contributed by atoms with Gasteiger partial charge in [0.25, 0.3) is 11.5 Å². The molecule has 0 bridgehead atoms. The van der Waals surface area contributed by atoms with Crippen LogP contribution >= 0.6 is 12.6 Å². The van der Waals surface area contributed by atoms with E-state index in [1.165, 1.54) is 6.20 Å². The van der Waals surface area contributed by atoms with Crippen LogP contribution in [0.5, 0.6) is 5.75 Å². The van der Waals surface area contributed by atoms with E-state index in [-0.39, 0.29) is 17.9 Å². The number of hydrogen-bond acceptors (Lipinski definition) is 6. The number of hydrogen-bond donors (Lipinski definition) is 6. The smallest absolute Gasteiger partial charge is 0.268 e. The lowest BCUT2D eigenvalue weighted by atomic mass is 10.0. The number of rotatable bonds is 10. The number of fused-ring (bicyclic) bond motifs is 1. The summed E-state index contributed by atoms with van der Waals surface area (Å²) in [5, 5.41) is 16.4. The van der Waals surface area contributed by atoms with E-state index in [0.717, 1.165) is 10.9 Å². The Morgan fingerprint density at radius 3 is 2.59 bits per heavy atom. The molecule has 0 unspecified atom stereocenters. The summed E-state index contributed by atoms with van der Waals surface area (Å²) in [4.78, 5) is 43.8. The molecule has 1 aromatic carbocycles. The number of thiol groups is 1. The molecular formula is C24H30N4O5S. The first kappa shape index (κ1) is 25.4. The second kappa shape index (κ2) is 11.3. The van der Waals surface area contributed by atoms with Crippen LogP contribution in [0.3, 0.4) is 0 Å². The van der Waals surface area contributed by atoms with E-state index in [4.69, 9.17) is 4.74 Å². The normalized spacial score (nSPS) is 13.9. The Morgan fingerprint density at radius 1 is 1.18 bits per heavy atom. The summed E-state index contributed by atoms with van der Waals surface area (Å²) in [6.45, 7) is 3.88. The van der Waals surface area contributed by atoms with Gasteiger partial charge >= 0.3 is 0 Å². The minimum Gasteiger partial charge on any atom is -0.496 e. The van der Waals surface area contributed by atoms with E-state index in [1.807, 2.05) is 26.0 Å². The van der Waals surface area contributed by atoms with Crippen molar-refractivity contribution in [1.82, 2.24) is 20.6 Å². The van der Waals surface area contributed by atoms with Crippen molar-refractivity contribution in [2.75, 3.05) is 7.11 Å². The number of methoxy groups -OCH3 is 1. The van der Waals surface area contributed by atoms with Crippen molar-refractivity contribution in [3.05, 3.63) is 64.2 Å². The molecule has 182 valence electrons. The van der Waals surface area contributed by atoms with Crippen LogP contribution in [0, 0.1) is 5.92 Å². The highest BCUT2D eigenvalue weighted by Gasteiger charge is 2.28. The highest BCUT2D eigenvalue weighted by atomic mass is 32.1. The Bertz CT molecular complexity index is 1200. The summed E-state index contributed by atoms with van der Waals surface area (Å²) in [6.07, 6.45) is 1.96. The molecule has 0 saturated carbocycles. The van der Waals surface area contributed by atoms with E-state index in [0.29, 0.717) is 23.4 Å². The molecule has 0 radical (unpaired) electrons. The van der Waals surface area contributed by atoms with Gasteiger partial charge in [-0.05, 0) is 36.6 Å². The summed E-state index contributed by atoms with van der Waals surface area (Å²) >= 11 is 4.07. The first-order valence-corrected chi connectivity index (χ1v) is 11.5. The molecular weight excluding hydrogens is 456 g/mol. The van der Waals surface area contributed by atoms with Crippen molar-refractivity contribution < 1.29 is 19.4 Å². The maximum Gasteiger partial charge on any atom is 0.268 e. The van der Waals surface area contributed by atoms with Crippen LogP contribution < -0.4 is 20.9 Å². The fourth-order valence-electron chi connectivity index (χ4n) is 3.74. The van der Waals surface area contributed by atoms with Gasteiger partial charge in [0.1, 0.15) is 22.9 Å². The lowest BCUT2D eigenvalue weighted by Gasteiger charge is -2.25. The molecule has 2 heterocycles. The standard InChI is InChI=1S/C24H30N4O5S/c1-13(2)10-17(22(30)28-19(24(32)34)11-14-6-5-9-25-21(14)29)27-23(31)18-12-15-16(26-18)7-4-8-20(15)33-3/h4-9,12-13,17,19,24,26,32,34H,10-11H2,1-3H3,(H,25,29)(H,27,31)(H,28,30)/t17-,19-,24-/m0/s1. The fourth-order valence-corrected chi connectivity index (χ4v) is 3.91. The topological polar surface area (TPSA) is 136 Å².